The van der Waals surface area contributed by atoms with Crippen LogP contribution in [0.2, 0.25) is 0 Å². The molecule has 1 amide bonds. The molecule has 0 bridgehead atoms. The Bertz CT molecular complexity index is 1430. The number of rotatable bonds is 12. The molecule has 1 atom stereocenters. The summed E-state index contributed by atoms with van der Waals surface area (Å²) in [5.41, 5.74) is 3.73. The van der Waals surface area contributed by atoms with Gasteiger partial charge in [0.25, 0.3) is 0 Å². The van der Waals surface area contributed by atoms with Crippen molar-refractivity contribution in [1.82, 2.24) is 14.9 Å². The lowest BCUT2D eigenvalue weighted by molar-refractivity contribution is -0.134. The molecule has 2 aromatic carbocycles. The average molecular weight is 543 g/mol. The molecule has 0 spiro atoms. The van der Waals surface area contributed by atoms with Gasteiger partial charge in [-0.25, -0.2) is 9.97 Å². The van der Waals surface area contributed by atoms with Gasteiger partial charge in [-0.05, 0) is 55.2 Å². The van der Waals surface area contributed by atoms with E-state index in [2.05, 4.69) is 73.0 Å². The van der Waals surface area contributed by atoms with Crippen molar-refractivity contribution in [3.8, 4) is 17.2 Å². The van der Waals surface area contributed by atoms with Crippen LogP contribution in [0.5, 0.6) is 17.2 Å². The fourth-order valence-corrected chi connectivity index (χ4v) is 4.32. The summed E-state index contributed by atoms with van der Waals surface area (Å²) in [6.45, 7) is 13.5. The number of carbonyl (C=O) groups excluding carboxylic acids is 1. The molecule has 1 saturated heterocycles. The predicted octanol–water partition coefficient (Wildman–Crippen LogP) is 6.56. The second-order valence-electron chi connectivity index (χ2n) is 9.82. The molecular weight excluding hydrogens is 504 g/mol. The lowest BCUT2D eigenvalue weighted by Gasteiger charge is -2.38. The maximum atomic E-state index is 11.8. The van der Waals surface area contributed by atoms with Gasteiger partial charge in [-0.3, -0.25) is 4.79 Å². The van der Waals surface area contributed by atoms with Crippen molar-refractivity contribution in [2.45, 2.75) is 40.2 Å². The third-order valence-electron chi connectivity index (χ3n) is 6.97. The molecule has 1 unspecified atom stereocenters. The minimum Gasteiger partial charge on any atom is -0.493 e. The van der Waals surface area contributed by atoms with Crippen LogP contribution in [-0.4, -0.2) is 53.7 Å². The van der Waals surface area contributed by atoms with Crippen LogP contribution < -0.4 is 19.5 Å². The molecule has 4 rings (SSSR count). The number of fused-ring (bicyclic) bond motifs is 1. The molecule has 0 radical (unpaired) electrons. The van der Waals surface area contributed by atoms with Gasteiger partial charge in [0.2, 0.25) is 5.91 Å². The van der Waals surface area contributed by atoms with E-state index in [9.17, 15) is 4.79 Å². The zero-order valence-corrected chi connectivity index (χ0v) is 23.9. The molecule has 0 aliphatic carbocycles. The Morgan fingerprint density at radius 3 is 2.67 bits per heavy atom. The number of nitrogens with zero attached hydrogens (tertiary/aromatic N) is 3. The molecule has 8 heteroatoms. The normalized spacial score (nSPS) is 14.6. The Hall–Kier alpha value is -4.33. The monoisotopic (exact) mass is 542 g/mol. The number of methoxy groups -OCH3 is 1. The summed E-state index contributed by atoms with van der Waals surface area (Å²) in [6, 6.07) is 9.82. The van der Waals surface area contributed by atoms with Gasteiger partial charge in [0.15, 0.2) is 11.5 Å². The van der Waals surface area contributed by atoms with Gasteiger partial charge in [-0.2, -0.15) is 0 Å². The molecule has 1 aliphatic heterocycles. The average Bonchev–Trinajstić information content (AvgIpc) is 2.94. The molecule has 1 N–H and O–H groups in total. The minimum atomic E-state index is -0.137. The molecule has 2 heterocycles. The summed E-state index contributed by atoms with van der Waals surface area (Å²) >= 11 is 0. The van der Waals surface area contributed by atoms with E-state index in [4.69, 9.17) is 14.2 Å². The molecule has 3 aromatic rings. The standard InChI is InChI=1S/C32H38N4O4/c1-7-21(4)11-10-12-22(5)23-13-14-28(39-9-3)27(15-23)35-32-25-16-30(29(38-6)17-26(25)33-20-34-32)40-24-18-36(19-24)31(37)8-2/h8,10-17,20-21,24H,2,7,9,18-19H2,1,3-6H3,(H,33,34,35)/b11-10-,22-12+. The number of ether oxygens (including phenoxy) is 3. The van der Waals surface area contributed by atoms with E-state index in [0.29, 0.717) is 48.4 Å². The Morgan fingerprint density at radius 1 is 1.18 bits per heavy atom. The van der Waals surface area contributed by atoms with Crippen molar-refractivity contribution in [3.05, 3.63) is 73.1 Å². The highest BCUT2D eigenvalue weighted by Crippen LogP contribution is 2.38. The van der Waals surface area contributed by atoms with E-state index in [1.165, 1.54) is 12.4 Å². The van der Waals surface area contributed by atoms with Crippen molar-refractivity contribution >= 4 is 33.9 Å². The molecule has 0 saturated carbocycles. The van der Waals surface area contributed by atoms with E-state index in [-0.39, 0.29) is 12.0 Å². The maximum absolute atomic E-state index is 11.8. The van der Waals surface area contributed by atoms with Gasteiger partial charge in [-0.15, -0.1) is 0 Å². The number of benzene rings is 2. The number of hydrogen-bond donors (Lipinski definition) is 1. The van der Waals surface area contributed by atoms with Gasteiger partial charge >= 0.3 is 0 Å². The fraction of sp³-hybridized carbons (Fsp3) is 0.344. The van der Waals surface area contributed by atoms with Crippen molar-refractivity contribution in [2.24, 2.45) is 5.92 Å². The zero-order chi connectivity index (χ0) is 28.6. The summed E-state index contributed by atoms with van der Waals surface area (Å²) in [5.74, 6) is 2.91. The van der Waals surface area contributed by atoms with E-state index in [0.717, 1.165) is 34.4 Å². The molecule has 1 fully saturated rings. The maximum Gasteiger partial charge on any atom is 0.246 e. The van der Waals surface area contributed by atoms with E-state index < -0.39 is 0 Å². The van der Waals surface area contributed by atoms with Crippen LogP contribution in [0.15, 0.2) is 67.5 Å². The highest BCUT2D eigenvalue weighted by atomic mass is 16.5. The van der Waals surface area contributed by atoms with Crippen molar-refractivity contribution in [2.75, 3.05) is 32.1 Å². The number of anilines is 2. The Morgan fingerprint density at radius 2 is 1.98 bits per heavy atom. The summed E-state index contributed by atoms with van der Waals surface area (Å²) in [5, 5.41) is 4.24. The highest BCUT2D eigenvalue weighted by molar-refractivity contribution is 5.94. The molecule has 1 aromatic heterocycles. The summed E-state index contributed by atoms with van der Waals surface area (Å²) < 4.78 is 17.7. The molecule has 210 valence electrons. The van der Waals surface area contributed by atoms with Crippen LogP contribution in [0, 0.1) is 5.92 Å². The van der Waals surface area contributed by atoms with E-state index in [1.807, 2.05) is 25.1 Å². The highest BCUT2D eigenvalue weighted by Gasteiger charge is 2.31. The number of likely N-dealkylation sites (tertiary alicyclic amines) is 1. The Kier molecular flexibility index (Phi) is 9.43. The number of hydrogen-bond acceptors (Lipinski definition) is 7. The quantitative estimate of drug-likeness (QED) is 0.205. The number of aromatic nitrogens is 2. The third-order valence-corrected chi connectivity index (χ3v) is 6.97. The number of allylic oxidation sites excluding steroid dienone is 4. The topological polar surface area (TPSA) is 85.8 Å². The van der Waals surface area contributed by atoms with Crippen LogP contribution in [0.4, 0.5) is 11.5 Å². The van der Waals surface area contributed by atoms with Crippen LogP contribution in [-0.2, 0) is 4.79 Å². The van der Waals surface area contributed by atoms with Crippen molar-refractivity contribution < 1.29 is 19.0 Å². The lowest BCUT2D eigenvalue weighted by Crippen LogP contribution is -2.55. The first-order chi connectivity index (χ1) is 19.4. The van der Waals surface area contributed by atoms with Crippen LogP contribution >= 0.6 is 0 Å². The SMILES string of the molecule is C=CC(=O)N1CC(Oc2cc3c(Nc4cc(/C(C)=C/C=C\C(C)CC)ccc4OCC)ncnc3cc2OC)C1. The summed E-state index contributed by atoms with van der Waals surface area (Å²) in [6.07, 6.45) is 10.3. The second-order valence-corrected chi connectivity index (χ2v) is 9.82. The van der Waals surface area contributed by atoms with Gasteiger partial charge in [0.05, 0.1) is 38.0 Å². The van der Waals surface area contributed by atoms with E-state index in [1.54, 1.807) is 12.0 Å². The smallest absolute Gasteiger partial charge is 0.246 e. The van der Waals surface area contributed by atoms with Gasteiger partial charge in [0.1, 0.15) is 24.0 Å². The Labute approximate surface area is 236 Å². The first-order valence-corrected chi connectivity index (χ1v) is 13.7. The minimum absolute atomic E-state index is 0.103. The number of carbonyl (C=O) groups is 1. The van der Waals surface area contributed by atoms with Crippen LogP contribution in [0.3, 0.4) is 0 Å². The predicted molar refractivity (Wildman–Crippen MR) is 160 cm³/mol. The fourth-order valence-electron chi connectivity index (χ4n) is 4.32. The van der Waals surface area contributed by atoms with Gasteiger partial charge in [-0.1, -0.05) is 51.1 Å². The second kappa shape index (κ2) is 13.2. The van der Waals surface area contributed by atoms with Crippen molar-refractivity contribution in [3.63, 3.8) is 0 Å². The largest absolute Gasteiger partial charge is 0.493 e. The first kappa shape index (κ1) is 28.7. The summed E-state index contributed by atoms with van der Waals surface area (Å²) in [4.78, 5) is 22.5. The van der Waals surface area contributed by atoms with Gasteiger partial charge in [0, 0.05) is 11.5 Å². The number of nitrogens with one attached hydrogen (secondary N) is 1. The van der Waals surface area contributed by atoms with Gasteiger partial charge < -0.3 is 24.4 Å². The van der Waals surface area contributed by atoms with E-state index >= 15 is 0 Å². The third kappa shape index (κ3) is 6.62. The van der Waals surface area contributed by atoms with Crippen LogP contribution in [0.1, 0.15) is 39.7 Å². The zero-order valence-electron chi connectivity index (χ0n) is 23.9. The molecular formula is C32H38N4O4. The van der Waals surface area contributed by atoms with Crippen molar-refractivity contribution in [1.29, 1.82) is 0 Å². The molecule has 40 heavy (non-hydrogen) atoms. The Balaban J connectivity index is 1.65. The first-order valence-electron chi connectivity index (χ1n) is 13.7. The lowest BCUT2D eigenvalue weighted by atomic mass is 10.0. The molecule has 8 nitrogen and oxygen atoms in total. The van der Waals surface area contributed by atoms with Crippen LogP contribution in [0.25, 0.3) is 16.5 Å². The molecule has 1 aliphatic rings. The number of amides is 1. The summed E-state index contributed by atoms with van der Waals surface area (Å²) in [7, 11) is 1.59.